The first-order valence-corrected chi connectivity index (χ1v) is 5.73. The topological polar surface area (TPSA) is 117 Å². The average molecular weight is 269 g/mol. The summed E-state index contributed by atoms with van der Waals surface area (Å²) >= 11 is 0. The first-order chi connectivity index (χ1) is 8.86. The van der Waals surface area contributed by atoms with E-state index in [9.17, 15) is 19.7 Å². The molecule has 1 atom stereocenters. The van der Waals surface area contributed by atoms with Gasteiger partial charge in [-0.25, -0.2) is 4.98 Å². The Hall–Kier alpha value is -2.38. The third-order valence-corrected chi connectivity index (χ3v) is 2.70. The quantitative estimate of drug-likeness (QED) is 0.595. The minimum atomic E-state index is -1.00. The first-order valence-electron chi connectivity index (χ1n) is 5.73. The minimum absolute atomic E-state index is 0.0748. The molecule has 0 aliphatic rings. The van der Waals surface area contributed by atoms with Crippen LogP contribution < -0.4 is 0 Å². The maximum Gasteiger partial charge on any atom is 0.321 e. The van der Waals surface area contributed by atoms with Crippen LogP contribution in [0.25, 0.3) is 0 Å². The Labute approximate surface area is 109 Å². The van der Waals surface area contributed by atoms with E-state index in [1.54, 1.807) is 13.8 Å². The molecule has 8 heteroatoms. The van der Waals surface area contributed by atoms with Gasteiger partial charge in [-0.3, -0.25) is 9.59 Å². The summed E-state index contributed by atoms with van der Waals surface area (Å²) in [4.78, 5) is 36.4. The zero-order valence-electron chi connectivity index (χ0n) is 10.6. The van der Waals surface area contributed by atoms with Gasteiger partial charge in [0, 0.05) is 18.7 Å². The lowest BCUT2D eigenvalue weighted by atomic mass is 10.2. The van der Waals surface area contributed by atoms with Crippen molar-refractivity contribution in [2.45, 2.75) is 26.3 Å². The second-order valence-electron chi connectivity index (χ2n) is 4.05. The Balaban J connectivity index is 2.88. The Morgan fingerprint density at radius 1 is 1.53 bits per heavy atom. The highest BCUT2D eigenvalue weighted by Gasteiger charge is 2.25. The molecular formula is C11H15N3O5. The number of hydrogen-bond donors (Lipinski definition) is 2. The van der Waals surface area contributed by atoms with Crippen LogP contribution in [-0.4, -0.2) is 44.4 Å². The van der Waals surface area contributed by atoms with Gasteiger partial charge in [-0.05, 0) is 24.8 Å². The SMILES string of the molecule is CCN(C(=O)c1ccc([N+](=O)[O-])[nH]1)C(C)CC(=O)O. The van der Waals surface area contributed by atoms with Crippen molar-refractivity contribution in [3.63, 3.8) is 0 Å². The van der Waals surface area contributed by atoms with E-state index < -0.39 is 22.8 Å². The molecule has 0 aliphatic carbocycles. The predicted molar refractivity (Wildman–Crippen MR) is 65.9 cm³/mol. The number of aromatic nitrogens is 1. The Kier molecular flexibility index (Phi) is 4.62. The number of carboxylic acid groups (broad SMARTS) is 1. The Bertz CT molecular complexity index is 496. The summed E-state index contributed by atoms with van der Waals surface area (Å²) in [5.74, 6) is -1.73. The van der Waals surface area contributed by atoms with Crippen molar-refractivity contribution in [1.82, 2.24) is 9.88 Å². The van der Waals surface area contributed by atoms with Gasteiger partial charge in [0.25, 0.3) is 5.91 Å². The van der Waals surface area contributed by atoms with Crippen LogP contribution in [0, 0.1) is 10.1 Å². The van der Waals surface area contributed by atoms with Gasteiger partial charge in [-0.2, -0.15) is 0 Å². The van der Waals surface area contributed by atoms with Crippen LogP contribution in [0.4, 0.5) is 5.82 Å². The normalized spacial score (nSPS) is 11.9. The molecule has 2 N–H and O–H groups in total. The first kappa shape index (κ1) is 14.7. The highest BCUT2D eigenvalue weighted by atomic mass is 16.6. The second-order valence-corrected chi connectivity index (χ2v) is 4.05. The third-order valence-electron chi connectivity index (χ3n) is 2.70. The second kappa shape index (κ2) is 5.98. The molecule has 1 rings (SSSR count). The van der Waals surface area contributed by atoms with Gasteiger partial charge in [0.05, 0.1) is 6.42 Å². The number of nitro groups is 1. The molecule has 1 heterocycles. The van der Waals surface area contributed by atoms with E-state index in [0.29, 0.717) is 6.54 Å². The smallest absolute Gasteiger partial charge is 0.321 e. The van der Waals surface area contributed by atoms with Crippen LogP contribution in [0.1, 0.15) is 30.8 Å². The zero-order chi connectivity index (χ0) is 14.6. The van der Waals surface area contributed by atoms with Gasteiger partial charge < -0.3 is 20.1 Å². The maximum absolute atomic E-state index is 12.1. The van der Waals surface area contributed by atoms with Crippen molar-refractivity contribution < 1.29 is 19.6 Å². The molecule has 19 heavy (non-hydrogen) atoms. The standard InChI is InChI=1S/C11H15N3O5/c1-3-13(7(2)6-10(15)16)11(17)8-4-5-9(12-8)14(18)19/h4-5,7,12H,3,6H2,1-2H3,(H,15,16). The molecule has 1 amide bonds. The van der Waals surface area contributed by atoms with E-state index in [0.717, 1.165) is 0 Å². The lowest BCUT2D eigenvalue weighted by molar-refractivity contribution is -0.389. The summed E-state index contributed by atoms with van der Waals surface area (Å²) in [6.45, 7) is 3.65. The van der Waals surface area contributed by atoms with Crippen LogP contribution in [0.15, 0.2) is 12.1 Å². The molecule has 0 saturated carbocycles. The van der Waals surface area contributed by atoms with Gasteiger partial charge in [0.2, 0.25) is 0 Å². The maximum atomic E-state index is 12.1. The number of H-pyrrole nitrogens is 1. The summed E-state index contributed by atoms with van der Waals surface area (Å²) in [5, 5.41) is 19.2. The summed E-state index contributed by atoms with van der Waals surface area (Å²) in [6, 6.07) is 2.02. The molecule has 1 aromatic rings. The van der Waals surface area contributed by atoms with Crippen LogP contribution >= 0.6 is 0 Å². The highest BCUT2D eigenvalue weighted by molar-refractivity contribution is 5.93. The van der Waals surface area contributed by atoms with Crippen molar-refractivity contribution in [2.75, 3.05) is 6.54 Å². The molecule has 0 saturated heterocycles. The molecule has 0 bridgehead atoms. The fourth-order valence-electron chi connectivity index (χ4n) is 1.79. The summed E-state index contributed by atoms with van der Waals surface area (Å²) in [6.07, 6.45) is -0.178. The molecule has 1 unspecified atom stereocenters. The molecular weight excluding hydrogens is 254 g/mol. The van der Waals surface area contributed by atoms with E-state index in [2.05, 4.69) is 4.98 Å². The number of hydrogen-bond acceptors (Lipinski definition) is 4. The number of nitrogens with one attached hydrogen (secondary N) is 1. The lowest BCUT2D eigenvalue weighted by Crippen LogP contribution is -2.39. The number of rotatable bonds is 6. The van der Waals surface area contributed by atoms with Crippen molar-refractivity contribution in [3.05, 3.63) is 27.9 Å². The molecule has 0 spiro atoms. The highest BCUT2D eigenvalue weighted by Crippen LogP contribution is 2.14. The van der Waals surface area contributed by atoms with E-state index in [1.807, 2.05) is 0 Å². The Morgan fingerprint density at radius 2 is 2.16 bits per heavy atom. The minimum Gasteiger partial charge on any atom is -0.481 e. The van der Waals surface area contributed by atoms with Gasteiger partial charge in [0.15, 0.2) is 5.69 Å². The van der Waals surface area contributed by atoms with Crippen LogP contribution in [-0.2, 0) is 4.79 Å². The van der Waals surface area contributed by atoms with Crippen molar-refractivity contribution >= 4 is 17.7 Å². The van der Waals surface area contributed by atoms with Crippen molar-refractivity contribution in [2.24, 2.45) is 0 Å². The van der Waals surface area contributed by atoms with Gasteiger partial charge in [-0.1, -0.05) is 0 Å². The monoisotopic (exact) mass is 269 g/mol. The van der Waals surface area contributed by atoms with Crippen LogP contribution in [0.5, 0.6) is 0 Å². The molecule has 0 aliphatic heterocycles. The molecule has 0 fully saturated rings. The molecule has 0 radical (unpaired) electrons. The number of carbonyl (C=O) groups excluding carboxylic acids is 1. The zero-order valence-corrected chi connectivity index (χ0v) is 10.6. The number of carboxylic acids is 1. The van der Waals surface area contributed by atoms with Crippen molar-refractivity contribution in [1.29, 1.82) is 0 Å². The lowest BCUT2D eigenvalue weighted by Gasteiger charge is -2.25. The summed E-state index contributed by atoms with van der Waals surface area (Å²) < 4.78 is 0. The molecule has 8 nitrogen and oxygen atoms in total. The van der Waals surface area contributed by atoms with E-state index in [-0.39, 0.29) is 17.9 Å². The number of aromatic amines is 1. The van der Waals surface area contributed by atoms with Crippen LogP contribution in [0.3, 0.4) is 0 Å². The molecule has 104 valence electrons. The van der Waals surface area contributed by atoms with Gasteiger partial charge >= 0.3 is 11.8 Å². The fourth-order valence-corrected chi connectivity index (χ4v) is 1.79. The summed E-state index contributed by atoms with van der Waals surface area (Å²) in [7, 11) is 0. The molecule has 0 aromatic carbocycles. The van der Waals surface area contributed by atoms with Gasteiger partial charge in [0.1, 0.15) is 0 Å². The number of amides is 1. The number of aliphatic carboxylic acids is 1. The predicted octanol–water partition coefficient (Wildman–Crippen LogP) is 1.25. The summed E-state index contributed by atoms with van der Waals surface area (Å²) in [5.41, 5.74) is 0.0748. The van der Waals surface area contributed by atoms with Crippen molar-refractivity contribution in [3.8, 4) is 0 Å². The molecule has 1 aromatic heterocycles. The van der Waals surface area contributed by atoms with Gasteiger partial charge in [-0.15, -0.1) is 0 Å². The number of nitrogens with zero attached hydrogens (tertiary/aromatic N) is 2. The largest absolute Gasteiger partial charge is 0.481 e. The van der Waals surface area contributed by atoms with E-state index in [4.69, 9.17) is 5.11 Å². The van der Waals surface area contributed by atoms with E-state index >= 15 is 0 Å². The third kappa shape index (κ3) is 3.54. The number of carbonyl (C=O) groups is 2. The Morgan fingerprint density at radius 3 is 2.58 bits per heavy atom. The average Bonchev–Trinajstić information content (AvgIpc) is 2.77. The fraction of sp³-hybridized carbons (Fsp3) is 0.455. The van der Waals surface area contributed by atoms with Crippen LogP contribution in [0.2, 0.25) is 0 Å². The van der Waals surface area contributed by atoms with E-state index in [1.165, 1.54) is 17.0 Å².